The van der Waals surface area contributed by atoms with E-state index in [9.17, 15) is 14.4 Å². The molecule has 0 fully saturated rings. The molecule has 3 rings (SSSR count). The van der Waals surface area contributed by atoms with E-state index in [4.69, 9.17) is 11.6 Å². The predicted molar refractivity (Wildman–Crippen MR) is 130 cm³/mol. The number of ether oxygens (including phenoxy) is 2. The highest BCUT2D eigenvalue weighted by Crippen LogP contribution is 2.14. The third kappa shape index (κ3) is 8.29. The van der Waals surface area contributed by atoms with E-state index in [-0.39, 0.29) is 5.97 Å². The molecule has 0 saturated heterocycles. The molecule has 0 aliphatic rings. The fraction of sp³-hybridized carbons (Fsp3) is 0.160. The van der Waals surface area contributed by atoms with E-state index in [0.29, 0.717) is 22.4 Å². The summed E-state index contributed by atoms with van der Waals surface area (Å²) in [6, 6.07) is 21.1. The average Bonchev–Trinajstić information content (AvgIpc) is 2.88. The Morgan fingerprint density at radius 3 is 1.68 bits per heavy atom. The first-order valence-electron chi connectivity index (χ1n) is 10.0. The van der Waals surface area contributed by atoms with Crippen molar-refractivity contribution in [2.75, 3.05) is 32.3 Å². The number of nitrogens with one attached hydrogen (secondary N) is 1. The molecule has 34 heavy (non-hydrogen) atoms. The molecule has 0 heterocycles. The highest BCUT2D eigenvalue weighted by Gasteiger charge is 2.09. The van der Waals surface area contributed by atoms with Gasteiger partial charge < -0.3 is 25.4 Å². The summed E-state index contributed by atoms with van der Waals surface area (Å²) < 4.78 is 9.10. The van der Waals surface area contributed by atoms with Gasteiger partial charge in [0, 0.05) is 18.4 Å². The van der Waals surface area contributed by atoms with Gasteiger partial charge in [-0.3, -0.25) is 0 Å². The SMILES string of the molecule is CNc1ccccc1C(=O)OC.COC(=O)c1ccccc1N.Cc1ccccc1C(=O)ON. The minimum Gasteiger partial charge on any atom is -0.465 e. The summed E-state index contributed by atoms with van der Waals surface area (Å²) >= 11 is 0. The molecule has 0 saturated carbocycles. The summed E-state index contributed by atoms with van der Waals surface area (Å²) in [6.07, 6.45) is 0. The van der Waals surface area contributed by atoms with Crippen LogP contribution < -0.4 is 16.9 Å². The summed E-state index contributed by atoms with van der Waals surface area (Å²) in [5.41, 5.74) is 9.06. The second kappa shape index (κ2) is 14.6. The number of anilines is 2. The Morgan fingerprint density at radius 2 is 1.18 bits per heavy atom. The number of benzene rings is 3. The van der Waals surface area contributed by atoms with Crippen LogP contribution in [0.25, 0.3) is 0 Å². The molecule has 0 aliphatic heterocycles. The molecule has 9 nitrogen and oxygen atoms in total. The van der Waals surface area contributed by atoms with E-state index >= 15 is 0 Å². The maximum absolute atomic E-state index is 11.1. The van der Waals surface area contributed by atoms with Crippen molar-refractivity contribution in [2.24, 2.45) is 5.90 Å². The number of carbonyl (C=O) groups is 3. The van der Waals surface area contributed by atoms with Crippen LogP contribution in [-0.4, -0.2) is 39.2 Å². The minimum atomic E-state index is -0.497. The number of carbonyl (C=O) groups excluding carboxylic acids is 3. The van der Waals surface area contributed by atoms with Crippen molar-refractivity contribution >= 4 is 29.3 Å². The topological polar surface area (TPSA) is 143 Å². The van der Waals surface area contributed by atoms with Gasteiger partial charge in [0.15, 0.2) is 0 Å². The zero-order chi connectivity index (χ0) is 25.5. The number of hydrogen-bond donors (Lipinski definition) is 3. The Balaban J connectivity index is 0.000000255. The summed E-state index contributed by atoms with van der Waals surface area (Å²) in [6.45, 7) is 1.83. The van der Waals surface area contributed by atoms with Crippen LogP contribution in [0.3, 0.4) is 0 Å². The Bertz CT molecular complexity index is 1040. The van der Waals surface area contributed by atoms with Gasteiger partial charge in [-0.05, 0) is 42.8 Å². The van der Waals surface area contributed by atoms with Crippen molar-refractivity contribution in [3.05, 3.63) is 95.1 Å². The summed E-state index contributed by atoms with van der Waals surface area (Å²) in [5.74, 6) is 3.51. The number of rotatable bonds is 4. The summed E-state index contributed by atoms with van der Waals surface area (Å²) in [7, 11) is 4.46. The first-order valence-corrected chi connectivity index (χ1v) is 10.0. The third-order valence-electron chi connectivity index (χ3n) is 4.44. The fourth-order valence-corrected chi connectivity index (χ4v) is 2.65. The molecule has 0 radical (unpaired) electrons. The monoisotopic (exact) mass is 467 g/mol. The molecular formula is C25H29N3O6. The normalized spacial score (nSPS) is 9.21. The van der Waals surface area contributed by atoms with Crippen LogP contribution in [0.5, 0.6) is 0 Å². The van der Waals surface area contributed by atoms with Crippen molar-refractivity contribution in [3.63, 3.8) is 0 Å². The smallest absolute Gasteiger partial charge is 0.356 e. The second-order valence-electron chi connectivity index (χ2n) is 6.59. The van der Waals surface area contributed by atoms with Crippen LogP contribution in [0.2, 0.25) is 0 Å². The Kier molecular flexibility index (Phi) is 11.9. The Hall–Kier alpha value is -4.37. The molecule has 0 spiro atoms. The number of nitrogens with two attached hydrogens (primary N) is 2. The molecule has 0 unspecified atom stereocenters. The van der Waals surface area contributed by atoms with E-state index in [0.717, 1.165) is 11.3 Å². The van der Waals surface area contributed by atoms with Gasteiger partial charge in [0.1, 0.15) is 0 Å². The highest BCUT2D eigenvalue weighted by molar-refractivity contribution is 5.95. The molecule has 0 bridgehead atoms. The maximum atomic E-state index is 11.1. The van der Waals surface area contributed by atoms with E-state index in [2.05, 4.69) is 19.6 Å². The largest absolute Gasteiger partial charge is 0.465 e. The van der Waals surface area contributed by atoms with Crippen LogP contribution in [0.4, 0.5) is 11.4 Å². The van der Waals surface area contributed by atoms with Crippen molar-refractivity contribution < 1.29 is 28.7 Å². The first-order chi connectivity index (χ1) is 16.3. The van der Waals surface area contributed by atoms with Crippen LogP contribution >= 0.6 is 0 Å². The molecule has 9 heteroatoms. The van der Waals surface area contributed by atoms with Crippen molar-refractivity contribution in [3.8, 4) is 0 Å². The van der Waals surface area contributed by atoms with Crippen LogP contribution in [-0.2, 0) is 14.3 Å². The quantitative estimate of drug-likeness (QED) is 0.298. The molecule has 0 atom stereocenters. The molecule has 0 aliphatic carbocycles. The van der Waals surface area contributed by atoms with Gasteiger partial charge in [-0.25, -0.2) is 14.4 Å². The average molecular weight is 468 g/mol. The number of nitrogen functional groups attached to an aromatic ring is 1. The van der Waals surface area contributed by atoms with Gasteiger partial charge in [0.2, 0.25) is 0 Å². The minimum absolute atomic E-state index is 0.319. The second-order valence-corrected chi connectivity index (χ2v) is 6.59. The molecule has 0 amide bonds. The molecule has 3 aromatic rings. The van der Waals surface area contributed by atoms with E-state index in [1.165, 1.54) is 14.2 Å². The number of esters is 2. The van der Waals surface area contributed by atoms with Gasteiger partial charge in [-0.15, -0.1) is 0 Å². The molecule has 5 N–H and O–H groups in total. The van der Waals surface area contributed by atoms with Crippen LogP contribution in [0, 0.1) is 6.92 Å². The molecular weight excluding hydrogens is 438 g/mol. The zero-order valence-electron chi connectivity index (χ0n) is 19.5. The lowest BCUT2D eigenvalue weighted by Gasteiger charge is -2.05. The molecule has 0 aromatic heterocycles. The van der Waals surface area contributed by atoms with Crippen molar-refractivity contribution in [2.45, 2.75) is 6.92 Å². The zero-order valence-corrected chi connectivity index (χ0v) is 19.5. The van der Waals surface area contributed by atoms with E-state index in [1.54, 1.807) is 55.6 Å². The molecule has 3 aromatic carbocycles. The van der Waals surface area contributed by atoms with E-state index < -0.39 is 11.9 Å². The predicted octanol–water partition coefficient (Wildman–Crippen LogP) is 3.60. The van der Waals surface area contributed by atoms with Gasteiger partial charge in [0.25, 0.3) is 0 Å². The van der Waals surface area contributed by atoms with Gasteiger partial charge >= 0.3 is 17.9 Å². The van der Waals surface area contributed by atoms with Gasteiger partial charge in [-0.2, -0.15) is 5.90 Å². The molecule has 180 valence electrons. The standard InChI is InChI=1S/C9H11NO2.2C8H9NO2/c1-10-8-6-4-3-5-7(8)9(11)12-2;1-11-8(10)6-4-2-3-5-7(6)9;1-6-4-2-3-5-7(6)8(10)11-9/h3-6,10H,1-2H3;2*2-5H,9H2,1H3. The fourth-order valence-electron chi connectivity index (χ4n) is 2.65. The van der Waals surface area contributed by atoms with Crippen LogP contribution in [0.15, 0.2) is 72.8 Å². The van der Waals surface area contributed by atoms with E-state index in [1.807, 2.05) is 31.2 Å². The Morgan fingerprint density at radius 1 is 0.706 bits per heavy atom. The highest BCUT2D eigenvalue weighted by atomic mass is 16.7. The number of methoxy groups -OCH3 is 2. The third-order valence-corrected chi connectivity index (χ3v) is 4.44. The lowest BCUT2D eigenvalue weighted by Crippen LogP contribution is -2.11. The van der Waals surface area contributed by atoms with Crippen molar-refractivity contribution in [1.82, 2.24) is 0 Å². The number of para-hydroxylation sites is 2. The Labute approximate surface area is 198 Å². The maximum Gasteiger partial charge on any atom is 0.356 e. The number of hydrogen-bond acceptors (Lipinski definition) is 9. The van der Waals surface area contributed by atoms with Gasteiger partial charge in [0.05, 0.1) is 30.9 Å². The van der Waals surface area contributed by atoms with Crippen molar-refractivity contribution in [1.29, 1.82) is 0 Å². The lowest BCUT2D eigenvalue weighted by atomic mass is 10.1. The summed E-state index contributed by atoms with van der Waals surface area (Å²) in [4.78, 5) is 37.0. The van der Waals surface area contributed by atoms with Crippen LogP contribution in [0.1, 0.15) is 36.6 Å². The summed E-state index contributed by atoms with van der Waals surface area (Å²) in [5, 5.41) is 2.91. The van der Waals surface area contributed by atoms with Gasteiger partial charge in [-0.1, -0.05) is 42.5 Å². The number of aryl methyl sites for hydroxylation is 1. The first kappa shape index (κ1) is 27.7. The lowest BCUT2D eigenvalue weighted by molar-refractivity contribution is 0.0501.